The second-order valence-electron chi connectivity index (χ2n) is 5.23. The molecule has 0 saturated heterocycles. The summed E-state index contributed by atoms with van der Waals surface area (Å²) in [6.45, 7) is 3.82. The molecule has 1 aliphatic rings. The lowest BCUT2D eigenvalue weighted by molar-refractivity contribution is 0.392. The summed E-state index contributed by atoms with van der Waals surface area (Å²) in [5, 5.41) is 2.62. The lowest BCUT2D eigenvalue weighted by Crippen LogP contribution is -2.36. The number of aromatic amines is 1. The Morgan fingerprint density at radius 3 is 2.50 bits per heavy atom. The van der Waals surface area contributed by atoms with E-state index < -0.39 is 0 Å². The standard InChI is InChI=1S/C12H17N3O2S/c1-7-8(2)11(17)15(14-10(7)16)6-12(3-4-12)5-9(13)18/h3-6H2,1-2H3,(H2,13,18)(H,14,16). The predicted molar refractivity (Wildman–Crippen MR) is 73.9 cm³/mol. The molecule has 1 aromatic heterocycles. The summed E-state index contributed by atoms with van der Waals surface area (Å²) in [6.07, 6.45) is 2.61. The van der Waals surface area contributed by atoms with Crippen LogP contribution in [0.1, 0.15) is 30.4 Å². The molecular formula is C12H17N3O2S. The summed E-state index contributed by atoms with van der Waals surface area (Å²) in [4.78, 5) is 24.2. The van der Waals surface area contributed by atoms with Crippen molar-refractivity contribution in [2.75, 3.05) is 0 Å². The van der Waals surface area contributed by atoms with Gasteiger partial charge in [-0.2, -0.15) is 0 Å². The van der Waals surface area contributed by atoms with Gasteiger partial charge in [0.1, 0.15) is 0 Å². The van der Waals surface area contributed by atoms with Gasteiger partial charge in [-0.15, -0.1) is 0 Å². The van der Waals surface area contributed by atoms with Gasteiger partial charge >= 0.3 is 0 Å². The molecule has 98 valence electrons. The third-order valence-corrected chi connectivity index (χ3v) is 3.85. The zero-order valence-corrected chi connectivity index (χ0v) is 11.4. The van der Waals surface area contributed by atoms with E-state index in [1.807, 2.05) is 0 Å². The SMILES string of the molecule is Cc1c(C)c(=O)n(CC2(CC(N)=S)CC2)[nH]c1=O. The number of nitrogens with zero attached hydrogens (tertiary/aromatic N) is 1. The first-order valence-electron chi connectivity index (χ1n) is 5.93. The molecule has 0 aliphatic heterocycles. The molecule has 0 bridgehead atoms. The molecule has 0 amide bonds. The fraction of sp³-hybridized carbons (Fsp3) is 0.583. The van der Waals surface area contributed by atoms with Crippen LogP contribution in [0.5, 0.6) is 0 Å². The van der Waals surface area contributed by atoms with Crippen LogP contribution in [0.3, 0.4) is 0 Å². The summed E-state index contributed by atoms with van der Waals surface area (Å²) in [7, 11) is 0. The Bertz CT molecular complexity index is 611. The maximum absolute atomic E-state index is 12.1. The molecule has 5 nitrogen and oxygen atoms in total. The number of nitrogens with one attached hydrogen (secondary N) is 1. The Hall–Kier alpha value is -1.43. The molecule has 1 aromatic rings. The predicted octanol–water partition coefficient (Wildman–Crippen LogP) is 0.610. The first-order chi connectivity index (χ1) is 8.34. The highest BCUT2D eigenvalue weighted by atomic mass is 32.1. The molecule has 2 rings (SSSR count). The summed E-state index contributed by atoms with van der Waals surface area (Å²) in [6, 6.07) is 0. The van der Waals surface area contributed by atoms with E-state index in [1.165, 1.54) is 4.68 Å². The zero-order chi connectivity index (χ0) is 13.5. The maximum Gasteiger partial charge on any atom is 0.268 e. The number of H-pyrrole nitrogens is 1. The highest BCUT2D eigenvalue weighted by Crippen LogP contribution is 2.49. The van der Waals surface area contributed by atoms with Gasteiger partial charge in [-0.25, -0.2) is 4.68 Å². The van der Waals surface area contributed by atoms with Crippen LogP contribution in [0, 0.1) is 19.3 Å². The molecule has 0 aromatic carbocycles. The Morgan fingerprint density at radius 2 is 2.00 bits per heavy atom. The van der Waals surface area contributed by atoms with Crippen LogP contribution in [0.15, 0.2) is 9.59 Å². The average molecular weight is 267 g/mol. The second kappa shape index (κ2) is 4.35. The molecule has 3 N–H and O–H groups in total. The quantitative estimate of drug-likeness (QED) is 0.783. The third kappa shape index (κ3) is 2.38. The maximum atomic E-state index is 12.1. The van der Waals surface area contributed by atoms with Crippen molar-refractivity contribution >= 4 is 17.2 Å². The number of rotatable bonds is 4. The summed E-state index contributed by atoms with van der Waals surface area (Å²) >= 11 is 4.92. The number of nitrogens with two attached hydrogens (primary N) is 1. The van der Waals surface area contributed by atoms with Crippen molar-refractivity contribution in [2.45, 2.75) is 39.7 Å². The van der Waals surface area contributed by atoms with Gasteiger partial charge in [0, 0.05) is 24.1 Å². The summed E-state index contributed by atoms with van der Waals surface area (Å²) in [5.41, 5.74) is 6.18. The van der Waals surface area contributed by atoms with E-state index in [0.29, 0.717) is 29.1 Å². The normalized spacial score (nSPS) is 16.6. The number of thiocarbonyl (C=S) groups is 1. The first-order valence-corrected chi connectivity index (χ1v) is 6.34. The average Bonchev–Trinajstić information content (AvgIpc) is 3.02. The highest BCUT2D eigenvalue weighted by molar-refractivity contribution is 7.80. The lowest BCUT2D eigenvalue weighted by atomic mass is 10.0. The minimum Gasteiger partial charge on any atom is -0.393 e. The van der Waals surface area contributed by atoms with Crippen molar-refractivity contribution < 1.29 is 0 Å². The Kier molecular flexibility index (Phi) is 3.14. The fourth-order valence-electron chi connectivity index (χ4n) is 2.17. The highest BCUT2D eigenvalue weighted by Gasteiger charge is 2.43. The van der Waals surface area contributed by atoms with Gasteiger partial charge in [-0.05, 0) is 32.1 Å². The molecule has 1 aliphatic carbocycles. The van der Waals surface area contributed by atoms with E-state index in [4.69, 9.17) is 18.0 Å². The molecule has 1 heterocycles. The Labute approximate surface area is 110 Å². The molecule has 1 saturated carbocycles. The summed E-state index contributed by atoms with van der Waals surface area (Å²) in [5.74, 6) is 0. The van der Waals surface area contributed by atoms with Crippen LogP contribution in [0.25, 0.3) is 0 Å². The van der Waals surface area contributed by atoms with E-state index in [9.17, 15) is 9.59 Å². The van der Waals surface area contributed by atoms with E-state index >= 15 is 0 Å². The van der Waals surface area contributed by atoms with Gasteiger partial charge < -0.3 is 5.73 Å². The first kappa shape index (κ1) is 13.0. The Balaban J connectivity index is 2.34. The molecular weight excluding hydrogens is 250 g/mol. The molecule has 0 atom stereocenters. The van der Waals surface area contributed by atoms with E-state index in [-0.39, 0.29) is 16.5 Å². The van der Waals surface area contributed by atoms with Gasteiger partial charge in [0.15, 0.2) is 0 Å². The molecule has 18 heavy (non-hydrogen) atoms. The van der Waals surface area contributed by atoms with Crippen LogP contribution in [0.2, 0.25) is 0 Å². The fourth-order valence-corrected chi connectivity index (χ4v) is 2.48. The number of hydrogen-bond donors (Lipinski definition) is 2. The van der Waals surface area contributed by atoms with Gasteiger partial charge in [-0.3, -0.25) is 14.7 Å². The second-order valence-corrected chi connectivity index (χ2v) is 5.75. The van der Waals surface area contributed by atoms with Gasteiger partial charge in [-0.1, -0.05) is 12.2 Å². The third-order valence-electron chi connectivity index (χ3n) is 3.71. The van der Waals surface area contributed by atoms with E-state index in [1.54, 1.807) is 13.8 Å². The van der Waals surface area contributed by atoms with Crippen LogP contribution < -0.4 is 16.9 Å². The molecule has 1 fully saturated rings. The number of hydrogen-bond acceptors (Lipinski definition) is 3. The van der Waals surface area contributed by atoms with Crippen molar-refractivity contribution in [3.63, 3.8) is 0 Å². The zero-order valence-electron chi connectivity index (χ0n) is 10.6. The van der Waals surface area contributed by atoms with Crippen LogP contribution in [-0.4, -0.2) is 14.8 Å². The minimum absolute atomic E-state index is 0.0275. The Morgan fingerprint density at radius 1 is 1.39 bits per heavy atom. The molecule has 0 unspecified atom stereocenters. The van der Waals surface area contributed by atoms with E-state index in [0.717, 1.165) is 12.8 Å². The summed E-state index contributed by atoms with van der Waals surface area (Å²) < 4.78 is 1.40. The molecule has 0 spiro atoms. The van der Waals surface area contributed by atoms with Crippen molar-refractivity contribution in [2.24, 2.45) is 11.1 Å². The number of aromatic nitrogens is 2. The van der Waals surface area contributed by atoms with Crippen LogP contribution in [-0.2, 0) is 6.54 Å². The van der Waals surface area contributed by atoms with Gasteiger partial charge in [0.25, 0.3) is 11.1 Å². The smallest absolute Gasteiger partial charge is 0.268 e. The van der Waals surface area contributed by atoms with Crippen molar-refractivity contribution in [3.8, 4) is 0 Å². The van der Waals surface area contributed by atoms with Crippen molar-refractivity contribution in [3.05, 3.63) is 31.8 Å². The lowest BCUT2D eigenvalue weighted by Gasteiger charge is -2.16. The largest absolute Gasteiger partial charge is 0.393 e. The van der Waals surface area contributed by atoms with Gasteiger partial charge in [0.2, 0.25) is 0 Å². The van der Waals surface area contributed by atoms with Crippen LogP contribution in [0.4, 0.5) is 0 Å². The molecule has 0 radical (unpaired) electrons. The van der Waals surface area contributed by atoms with Crippen molar-refractivity contribution in [1.29, 1.82) is 0 Å². The van der Waals surface area contributed by atoms with Crippen molar-refractivity contribution in [1.82, 2.24) is 9.78 Å². The monoisotopic (exact) mass is 267 g/mol. The van der Waals surface area contributed by atoms with E-state index in [2.05, 4.69) is 5.10 Å². The minimum atomic E-state index is -0.210. The van der Waals surface area contributed by atoms with Gasteiger partial charge in [0.05, 0.1) is 4.99 Å². The van der Waals surface area contributed by atoms with Crippen LogP contribution >= 0.6 is 12.2 Å². The topological polar surface area (TPSA) is 80.9 Å². The molecule has 6 heteroatoms.